The van der Waals surface area contributed by atoms with Crippen molar-refractivity contribution in [3.63, 3.8) is 0 Å². The predicted molar refractivity (Wildman–Crippen MR) is 66.9 cm³/mol. The lowest BCUT2D eigenvalue weighted by Crippen LogP contribution is -2.36. The van der Waals surface area contributed by atoms with Crippen LogP contribution < -0.4 is 5.32 Å². The van der Waals surface area contributed by atoms with Crippen LogP contribution in [-0.2, 0) is 19.9 Å². The van der Waals surface area contributed by atoms with E-state index in [0.29, 0.717) is 6.04 Å². The number of hydrogen-bond acceptors (Lipinski definition) is 2. The van der Waals surface area contributed by atoms with Gasteiger partial charge in [0.2, 0.25) is 0 Å². The van der Waals surface area contributed by atoms with Crippen molar-refractivity contribution in [2.75, 3.05) is 6.54 Å². The molecule has 1 fully saturated rings. The molecule has 1 aromatic rings. The van der Waals surface area contributed by atoms with Crippen molar-refractivity contribution in [3.8, 4) is 0 Å². The van der Waals surface area contributed by atoms with Crippen LogP contribution in [0.4, 0.5) is 0 Å². The Morgan fingerprint density at radius 1 is 1.50 bits per heavy atom. The number of nitrogens with zero attached hydrogens (tertiary/aromatic N) is 2. The second-order valence-corrected chi connectivity index (χ2v) is 4.91. The first kappa shape index (κ1) is 11.9. The first-order chi connectivity index (χ1) is 7.72. The minimum atomic E-state index is 0.575. The van der Waals surface area contributed by atoms with Crippen LogP contribution in [0.15, 0.2) is 0 Å². The van der Waals surface area contributed by atoms with Crippen molar-refractivity contribution in [3.05, 3.63) is 16.4 Å². The van der Waals surface area contributed by atoms with Gasteiger partial charge in [0.15, 0.2) is 0 Å². The number of halogens is 1. The van der Waals surface area contributed by atoms with Gasteiger partial charge in [0, 0.05) is 19.5 Å². The number of nitrogens with one attached hydrogen (secondary N) is 1. The van der Waals surface area contributed by atoms with Gasteiger partial charge in [-0.1, -0.05) is 24.9 Å². The summed E-state index contributed by atoms with van der Waals surface area (Å²) in [6.07, 6.45) is 5.79. The molecule has 1 N–H and O–H groups in total. The van der Waals surface area contributed by atoms with Gasteiger partial charge >= 0.3 is 0 Å². The molecule has 0 amide bonds. The molecule has 0 bridgehead atoms. The summed E-state index contributed by atoms with van der Waals surface area (Å²) in [5.74, 6) is 0. The summed E-state index contributed by atoms with van der Waals surface area (Å²) in [5.41, 5.74) is 2.20. The number of aromatic nitrogens is 2. The van der Waals surface area contributed by atoms with Crippen molar-refractivity contribution in [2.24, 2.45) is 7.05 Å². The Hall–Kier alpha value is -0.540. The monoisotopic (exact) mass is 241 g/mol. The molecular weight excluding hydrogens is 222 g/mol. The van der Waals surface area contributed by atoms with Crippen LogP contribution in [0.25, 0.3) is 0 Å². The van der Waals surface area contributed by atoms with Crippen molar-refractivity contribution in [2.45, 2.75) is 45.1 Å². The van der Waals surface area contributed by atoms with E-state index in [-0.39, 0.29) is 0 Å². The summed E-state index contributed by atoms with van der Waals surface area (Å²) < 4.78 is 1.94. The van der Waals surface area contributed by atoms with Crippen LogP contribution in [0.3, 0.4) is 0 Å². The van der Waals surface area contributed by atoms with Crippen LogP contribution in [0.1, 0.15) is 37.6 Å². The molecule has 0 spiro atoms. The summed E-state index contributed by atoms with van der Waals surface area (Å²) in [7, 11) is 1.99. The minimum absolute atomic E-state index is 0.575. The van der Waals surface area contributed by atoms with Gasteiger partial charge in [-0.3, -0.25) is 4.68 Å². The highest BCUT2D eigenvalue weighted by Crippen LogP contribution is 2.23. The summed E-state index contributed by atoms with van der Waals surface area (Å²) in [4.78, 5) is 0. The fourth-order valence-electron chi connectivity index (χ4n) is 2.37. The first-order valence-corrected chi connectivity index (χ1v) is 6.53. The molecule has 1 atom stereocenters. The van der Waals surface area contributed by atoms with E-state index in [0.717, 1.165) is 30.1 Å². The van der Waals surface area contributed by atoms with Crippen molar-refractivity contribution < 1.29 is 0 Å². The Balaban J connectivity index is 2.10. The summed E-state index contributed by atoms with van der Waals surface area (Å²) >= 11 is 6.34. The van der Waals surface area contributed by atoms with Crippen molar-refractivity contribution in [1.29, 1.82) is 0 Å². The van der Waals surface area contributed by atoms with Gasteiger partial charge in [0.05, 0.1) is 16.4 Å². The lowest BCUT2D eigenvalue weighted by Gasteiger charge is -2.23. The highest BCUT2D eigenvalue weighted by Gasteiger charge is 2.19. The quantitative estimate of drug-likeness (QED) is 0.880. The number of aryl methyl sites for hydroxylation is 2. The minimum Gasteiger partial charge on any atom is -0.314 e. The zero-order valence-electron chi connectivity index (χ0n) is 10.1. The molecule has 2 heterocycles. The van der Waals surface area contributed by atoms with E-state index in [9.17, 15) is 0 Å². The largest absolute Gasteiger partial charge is 0.314 e. The Bertz CT molecular complexity index is 353. The molecule has 1 aliphatic heterocycles. The lowest BCUT2D eigenvalue weighted by molar-refractivity contribution is 0.393. The average Bonchev–Trinajstić information content (AvgIpc) is 2.58. The Kier molecular flexibility index (Phi) is 3.87. The van der Waals surface area contributed by atoms with Crippen LogP contribution in [-0.4, -0.2) is 22.4 Å². The summed E-state index contributed by atoms with van der Waals surface area (Å²) in [5, 5.41) is 8.87. The third-order valence-electron chi connectivity index (χ3n) is 3.36. The molecule has 3 nitrogen and oxygen atoms in total. The molecule has 1 saturated heterocycles. The van der Waals surface area contributed by atoms with E-state index < -0.39 is 0 Å². The number of rotatable bonds is 3. The molecule has 4 heteroatoms. The molecule has 16 heavy (non-hydrogen) atoms. The lowest BCUT2D eigenvalue weighted by atomic mass is 10.0. The molecule has 0 saturated carbocycles. The van der Waals surface area contributed by atoms with Gasteiger partial charge in [-0.15, -0.1) is 0 Å². The van der Waals surface area contributed by atoms with E-state index >= 15 is 0 Å². The van der Waals surface area contributed by atoms with Crippen LogP contribution in [0.2, 0.25) is 5.02 Å². The third kappa shape index (κ3) is 2.41. The molecule has 0 radical (unpaired) electrons. The van der Waals surface area contributed by atoms with Crippen LogP contribution >= 0.6 is 11.6 Å². The Labute approximate surface area is 102 Å². The maximum absolute atomic E-state index is 6.34. The SMILES string of the molecule is CCc1nn(C)c(CC2CCCCN2)c1Cl. The molecule has 1 unspecified atom stereocenters. The first-order valence-electron chi connectivity index (χ1n) is 6.16. The van der Waals surface area contributed by atoms with E-state index in [2.05, 4.69) is 17.3 Å². The fraction of sp³-hybridized carbons (Fsp3) is 0.750. The third-order valence-corrected chi connectivity index (χ3v) is 3.79. The van der Waals surface area contributed by atoms with Crippen LogP contribution in [0, 0.1) is 0 Å². The van der Waals surface area contributed by atoms with E-state index in [4.69, 9.17) is 11.6 Å². The Morgan fingerprint density at radius 3 is 2.88 bits per heavy atom. The molecular formula is C12H20ClN3. The van der Waals surface area contributed by atoms with Gasteiger partial charge in [0.25, 0.3) is 0 Å². The van der Waals surface area contributed by atoms with Gasteiger partial charge < -0.3 is 5.32 Å². The normalized spacial score (nSPS) is 21.3. The van der Waals surface area contributed by atoms with E-state index in [1.165, 1.54) is 25.0 Å². The smallest absolute Gasteiger partial charge is 0.0850 e. The second kappa shape index (κ2) is 5.19. The second-order valence-electron chi connectivity index (χ2n) is 4.54. The van der Waals surface area contributed by atoms with Crippen LogP contribution in [0.5, 0.6) is 0 Å². The summed E-state index contributed by atoms with van der Waals surface area (Å²) in [6.45, 7) is 3.23. The summed E-state index contributed by atoms with van der Waals surface area (Å²) in [6, 6.07) is 0.575. The van der Waals surface area contributed by atoms with Gasteiger partial charge in [-0.2, -0.15) is 5.10 Å². The maximum atomic E-state index is 6.34. The van der Waals surface area contributed by atoms with Gasteiger partial charge in [-0.05, 0) is 25.8 Å². The molecule has 0 aliphatic carbocycles. The maximum Gasteiger partial charge on any atom is 0.0850 e. The van der Waals surface area contributed by atoms with Gasteiger partial charge in [-0.25, -0.2) is 0 Å². The van der Waals surface area contributed by atoms with Crippen molar-refractivity contribution in [1.82, 2.24) is 15.1 Å². The van der Waals surface area contributed by atoms with E-state index in [1.807, 2.05) is 11.7 Å². The predicted octanol–water partition coefficient (Wildman–Crippen LogP) is 2.32. The fourth-order valence-corrected chi connectivity index (χ4v) is 2.74. The average molecular weight is 242 g/mol. The Morgan fingerprint density at radius 2 is 2.31 bits per heavy atom. The number of piperidine rings is 1. The van der Waals surface area contributed by atoms with E-state index in [1.54, 1.807) is 0 Å². The molecule has 1 aliphatic rings. The van der Waals surface area contributed by atoms with Gasteiger partial charge in [0.1, 0.15) is 0 Å². The standard InChI is InChI=1S/C12H20ClN3/c1-3-10-12(13)11(16(2)15-10)8-9-6-4-5-7-14-9/h9,14H,3-8H2,1-2H3. The zero-order chi connectivity index (χ0) is 11.5. The topological polar surface area (TPSA) is 29.9 Å². The highest BCUT2D eigenvalue weighted by atomic mass is 35.5. The highest BCUT2D eigenvalue weighted by molar-refractivity contribution is 6.31. The zero-order valence-corrected chi connectivity index (χ0v) is 10.8. The molecule has 90 valence electrons. The molecule has 0 aromatic carbocycles. The van der Waals surface area contributed by atoms with Crippen molar-refractivity contribution >= 4 is 11.6 Å². The number of hydrogen-bond donors (Lipinski definition) is 1. The molecule has 1 aromatic heterocycles. The molecule has 2 rings (SSSR count).